The minimum Gasteiger partial charge on any atom is -0.328 e. The second-order valence-electron chi connectivity index (χ2n) is 5.78. The van der Waals surface area contributed by atoms with Crippen molar-refractivity contribution in [3.8, 4) is 0 Å². The average Bonchev–Trinajstić information content (AvgIpc) is 2.80. The third-order valence-electron chi connectivity index (χ3n) is 4.11. The molecule has 1 aliphatic heterocycles. The Morgan fingerprint density at radius 3 is 2.62 bits per heavy atom. The number of carbonyl (C=O) groups excluding carboxylic acids is 1. The summed E-state index contributed by atoms with van der Waals surface area (Å²) in [4.78, 5) is 11.5. The monoisotopic (exact) mass is 309 g/mol. The predicted molar refractivity (Wildman–Crippen MR) is 79.3 cm³/mol. The molecule has 6 nitrogen and oxygen atoms in total. The molecule has 1 amide bonds. The molecule has 21 heavy (non-hydrogen) atoms. The van der Waals surface area contributed by atoms with Gasteiger partial charge in [0.2, 0.25) is 15.9 Å². The summed E-state index contributed by atoms with van der Waals surface area (Å²) in [5, 5.41) is 2.69. The van der Waals surface area contributed by atoms with Gasteiger partial charge in [-0.3, -0.25) is 4.79 Å². The Morgan fingerprint density at radius 1 is 1.19 bits per heavy atom. The highest BCUT2D eigenvalue weighted by Crippen LogP contribution is 2.26. The van der Waals surface area contributed by atoms with Crippen molar-refractivity contribution in [1.29, 1.82) is 0 Å². The van der Waals surface area contributed by atoms with Crippen molar-refractivity contribution >= 4 is 21.6 Å². The lowest BCUT2D eigenvalue weighted by molar-refractivity contribution is -0.115. The normalized spacial score (nSPS) is 25.5. The average molecular weight is 309 g/mol. The fourth-order valence-corrected chi connectivity index (χ4v) is 4.25. The number of carbonyl (C=O) groups is 1. The van der Waals surface area contributed by atoms with E-state index < -0.39 is 10.0 Å². The van der Waals surface area contributed by atoms with Crippen LogP contribution in [0.2, 0.25) is 0 Å². The molecule has 1 aromatic carbocycles. The van der Waals surface area contributed by atoms with Crippen molar-refractivity contribution in [2.75, 3.05) is 5.32 Å². The van der Waals surface area contributed by atoms with Crippen molar-refractivity contribution in [3.05, 3.63) is 23.8 Å². The summed E-state index contributed by atoms with van der Waals surface area (Å²) in [6.07, 6.45) is 3.46. The van der Waals surface area contributed by atoms with Gasteiger partial charge in [0.25, 0.3) is 0 Å². The Kier molecular flexibility index (Phi) is 3.73. The largest absolute Gasteiger partial charge is 0.328 e. The minimum atomic E-state index is -3.55. The zero-order valence-electron chi connectivity index (χ0n) is 11.6. The molecule has 2 aliphatic rings. The van der Waals surface area contributed by atoms with E-state index in [2.05, 4.69) is 10.0 Å². The van der Waals surface area contributed by atoms with Gasteiger partial charge in [-0.1, -0.05) is 0 Å². The topological polar surface area (TPSA) is 101 Å². The van der Waals surface area contributed by atoms with Gasteiger partial charge >= 0.3 is 0 Å². The van der Waals surface area contributed by atoms with Crippen LogP contribution in [0.3, 0.4) is 0 Å². The van der Waals surface area contributed by atoms with Crippen molar-refractivity contribution in [2.45, 2.75) is 49.1 Å². The number of fused-ring (bicyclic) bond motifs is 1. The Morgan fingerprint density at radius 2 is 1.90 bits per heavy atom. The molecule has 1 saturated carbocycles. The number of amides is 1. The molecule has 7 heteroatoms. The lowest BCUT2D eigenvalue weighted by Crippen LogP contribution is -2.40. The first-order valence-corrected chi connectivity index (χ1v) is 8.63. The number of sulfonamides is 1. The predicted octanol–water partition coefficient (Wildman–Crippen LogP) is 0.729. The van der Waals surface area contributed by atoms with E-state index in [4.69, 9.17) is 5.73 Å². The molecule has 3 rings (SSSR count). The Bertz CT molecular complexity index is 664. The zero-order valence-corrected chi connectivity index (χ0v) is 12.4. The molecule has 4 N–H and O–H groups in total. The van der Waals surface area contributed by atoms with Crippen LogP contribution >= 0.6 is 0 Å². The molecule has 114 valence electrons. The number of anilines is 1. The highest BCUT2D eigenvalue weighted by Gasteiger charge is 2.26. The number of nitrogens with two attached hydrogens (primary N) is 1. The van der Waals surface area contributed by atoms with Crippen LogP contribution in [0.1, 0.15) is 31.2 Å². The molecule has 0 unspecified atom stereocenters. The van der Waals surface area contributed by atoms with E-state index in [0.29, 0.717) is 5.69 Å². The zero-order chi connectivity index (χ0) is 15.0. The first-order chi connectivity index (χ1) is 9.94. The summed E-state index contributed by atoms with van der Waals surface area (Å²) in [5.74, 6) is -0.103. The number of hydrogen-bond donors (Lipinski definition) is 3. The molecule has 1 aliphatic carbocycles. The fourth-order valence-electron chi connectivity index (χ4n) is 2.90. The maximum atomic E-state index is 12.4. The minimum absolute atomic E-state index is 0.0530. The van der Waals surface area contributed by atoms with Gasteiger partial charge in [0.1, 0.15) is 0 Å². The van der Waals surface area contributed by atoms with Gasteiger partial charge in [0, 0.05) is 17.8 Å². The molecule has 0 radical (unpaired) electrons. The van der Waals surface area contributed by atoms with Crippen LogP contribution in [0.15, 0.2) is 23.1 Å². The molecular weight excluding hydrogens is 290 g/mol. The molecule has 1 aromatic rings. The first kappa shape index (κ1) is 14.5. The van der Waals surface area contributed by atoms with E-state index in [9.17, 15) is 13.2 Å². The van der Waals surface area contributed by atoms with Crippen molar-refractivity contribution < 1.29 is 13.2 Å². The molecule has 0 bridgehead atoms. The fraction of sp³-hybridized carbons (Fsp3) is 0.500. The molecule has 1 fully saturated rings. The van der Waals surface area contributed by atoms with Crippen molar-refractivity contribution in [2.24, 2.45) is 5.73 Å². The standard InChI is InChI=1S/C14H19N3O3S/c15-10-1-3-11(4-2-10)17-21(19,20)12-5-6-13-9(7-12)8-14(18)16-13/h5-7,10-11,17H,1-4,8,15H2,(H,16,18). The molecule has 0 atom stereocenters. The maximum Gasteiger partial charge on any atom is 0.240 e. The Hall–Kier alpha value is -1.44. The van der Waals surface area contributed by atoms with Crippen LogP contribution < -0.4 is 15.8 Å². The third kappa shape index (κ3) is 3.09. The van der Waals surface area contributed by atoms with E-state index in [1.165, 1.54) is 6.07 Å². The van der Waals surface area contributed by atoms with Crippen molar-refractivity contribution in [1.82, 2.24) is 4.72 Å². The summed E-state index contributed by atoms with van der Waals surface area (Å²) in [6, 6.07) is 4.88. The summed E-state index contributed by atoms with van der Waals surface area (Å²) < 4.78 is 27.6. The molecule has 1 heterocycles. The quantitative estimate of drug-likeness (QED) is 0.766. The number of benzene rings is 1. The molecule has 0 saturated heterocycles. The first-order valence-electron chi connectivity index (χ1n) is 7.15. The van der Waals surface area contributed by atoms with Gasteiger partial charge in [0.05, 0.1) is 11.3 Å². The molecular formula is C14H19N3O3S. The molecule has 0 aromatic heterocycles. The lowest BCUT2D eigenvalue weighted by Gasteiger charge is -2.26. The highest BCUT2D eigenvalue weighted by atomic mass is 32.2. The smallest absolute Gasteiger partial charge is 0.240 e. The number of rotatable bonds is 3. The van der Waals surface area contributed by atoms with Crippen LogP contribution in [0.25, 0.3) is 0 Å². The van der Waals surface area contributed by atoms with E-state index in [-0.39, 0.29) is 29.3 Å². The Balaban J connectivity index is 1.76. The summed E-state index contributed by atoms with van der Waals surface area (Å²) in [7, 11) is -3.55. The van der Waals surface area contributed by atoms with Gasteiger partial charge in [-0.25, -0.2) is 13.1 Å². The highest BCUT2D eigenvalue weighted by molar-refractivity contribution is 7.89. The molecule has 0 spiro atoms. The SMILES string of the molecule is NC1CCC(NS(=O)(=O)c2ccc3c(c2)CC(=O)N3)CC1. The summed E-state index contributed by atoms with van der Waals surface area (Å²) >= 11 is 0. The van der Waals surface area contributed by atoms with Gasteiger partial charge in [-0.2, -0.15) is 0 Å². The van der Waals surface area contributed by atoms with Crippen molar-refractivity contribution in [3.63, 3.8) is 0 Å². The van der Waals surface area contributed by atoms with Crippen LogP contribution in [-0.4, -0.2) is 26.4 Å². The van der Waals surface area contributed by atoms with E-state index in [1.54, 1.807) is 12.1 Å². The number of nitrogens with one attached hydrogen (secondary N) is 2. The van der Waals surface area contributed by atoms with E-state index in [1.807, 2.05) is 0 Å². The van der Waals surface area contributed by atoms with Gasteiger partial charge in [-0.05, 0) is 49.4 Å². The Labute approximate surface area is 124 Å². The van der Waals surface area contributed by atoms with Crippen LogP contribution in [0, 0.1) is 0 Å². The van der Waals surface area contributed by atoms with Crippen LogP contribution in [-0.2, 0) is 21.2 Å². The van der Waals surface area contributed by atoms with Gasteiger partial charge in [-0.15, -0.1) is 0 Å². The maximum absolute atomic E-state index is 12.4. The van der Waals surface area contributed by atoms with Crippen LogP contribution in [0.5, 0.6) is 0 Å². The summed E-state index contributed by atoms with van der Waals surface area (Å²) in [6.45, 7) is 0. The van der Waals surface area contributed by atoms with E-state index in [0.717, 1.165) is 31.2 Å². The lowest BCUT2D eigenvalue weighted by atomic mass is 9.93. The van der Waals surface area contributed by atoms with Gasteiger partial charge < -0.3 is 11.1 Å². The summed E-state index contributed by atoms with van der Waals surface area (Å²) in [5.41, 5.74) is 7.26. The van der Waals surface area contributed by atoms with E-state index >= 15 is 0 Å². The second-order valence-corrected chi connectivity index (χ2v) is 7.49. The number of hydrogen-bond acceptors (Lipinski definition) is 4. The van der Waals surface area contributed by atoms with Crippen LogP contribution in [0.4, 0.5) is 5.69 Å². The second kappa shape index (κ2) is 5.40. The van der Waals surface area contributed by atoms with Gasteiger partial charge in [0.15, 0.2) is 0 Å². The third-order valence-corrected chi connectivity index (χ3v) is 5.62.